The van der Waals surface area contributed by atoms with Crippen molar-refractivity contribution < 1.29 is 24.2 Å². The van der Waals surface area contributed by atoms with Crippen LogP contribution in [0.4, 0.5) is 5.69 Å². The van der Waals surface area contributed by atoms with Crippen molar-refractivity contribution in [2.45, 2.75) is 6.10 Å². The summed E-state index contributed by atoms with van der Waals surface area (Å²) in [5.41, 5.74) is 1.22. The average molecular weight is 373 g/mol. The van der Waals surface area contributed by atoms with Crippen LogP contribution in [0.15, 0.2) is 48.5 Å². The fourth-order valence-corrected chi connectivity index (χ4v) is 3.33. The van der Waals surface area contributed by atoms with Crippen molar-refractivity contribution in [3.63, 3.8) is 0 Å². The Morgan fingerprint density at radius 1 is 0.889 bits per heavy atom. The first-order valence-electron chi connectivity index (χ1n) is 9.35. The molecule has 0 aromatic heterocycles. The van der Waals surface area contributed by atoms with Gasteiger partial charge in [-0.15, -0.1) is 0 Å². The lowest BCUT2D eigenvalue weighted by Crippen LogP contribution is -3.16. The van der Waals surface area contributed by atoms with E-state index in [0.717, 1.165) is 43.4 Å². The fourth-order valence-electron chi connectivity index (χ4n) is 3.33. The van der Waals surface area contributed by atoms with Crippen molar-refractivity contribution in [2.75, 3.05) is 58.5 Å². The standard InChI is InChI=1S/C21H28N2O4/c1-25-19-5-3-17(4-6-19)23-13-11-22(12-14-23)15-18(24)16-27-21-9-7-20(26-2)8-10-21/h3-10,18,24H,11-16H2,1-2H3/p+1/t18-/m1/s1. The van der Waals surface area contributed by atoms with Gasteiger partial charge in [-0.05, 0) is 48.5 Å². The number of methoxy groups -OCH3 is 2. The predicted molar refractivity (Wildman–Crippen MR) is 105 cm³/mol. The quantitative estimate of drug-likeness (QED) is 0.719. The highest BCUT2D eigenvalue weighted by Crippen LogP contribution is 2.19. The molecule has 0 aliphatic carbocycles. The normalized spacial score (nSPS) is 16.0. The van der Waals surface area contributed by atoms with Crippen LogP contribution in [-0.4, -0.2) is 64.8 Å². The van der Waals surface area contributed by atoms with Gasteiger partial charge in [0.25, 0.3) is 0 Å². The predicted octanol–water partition coefficient (Wildman–Crippen LogP) is 0.849. The van der Waals surface area contributed by atoms with Crippen LogP contribution < -0.4 is 24.0 Å². The summed E-state index contributed by atoms with van der Waals surface area (Å²) in [6.45, 7) is 4.98. The molecular formula is C21H29N2O4+. The van der Waals surface area contributed by atoms with Crippen molar-refractivity contribution in [1.29, 1.82) is 0 Å². The summed E-state index contributed by atoms with van der Waals surface area (Å²) >= 11 is 0. The maximum absolute atomic E-state index is 10.3. The van der Waals surface area contributed by atoms with E-state index in [2.05, 4.69) is 17.0 Å². The van der Waals surface area contributed by atoms with Gasteiger partial charge in [0.1, 0.15) is 36.5 Å². The number of aliphatic hydroxyl groups excluding tert-OH is 1. The molecule has 146 valence electrons. The lowest BCUT2D eigenvalue weighted by Gasteiger charge is -2.34. The van der Waals surface area contributed by atoms with E-state index in [0.29, 0.717) is 13.2 Å². The van der Waals surface area contributed by atoms with Crippen LogP contribution >= 0.6 is 0 Å². The van der Waals surface area contributed by atoms with Gasteiger partial charge in [0.15, 0.2) is 0 Å². The number of aliphatic hydroxyl groups is 1. The number of ether oxygens (including phenoxy) is 3. The fraction of sp³-hybridized carbons (Fsp3) is 0.429. The second-order valence-electron chi connectivity index (χ2n) is 6.78. The Kier molecular flexibility index (Phi) is 6.79. The van der Waals surface area contributed by atoms with Gasteiger partial charge in [-0.25, -0.2) is 0 Å². The Balaban J connectivity index is 1.40. The van der Waals surface area contributed by atoms with E-state index >= 15 is 0 Å². The lowest BCUT2D eigenvalue weighted by atomic mass is 10.2. The summed E-state index contributed by atoms with van der Waals surface area (Å²) in [6, 6.07) is 15.6. The van der Waals surface area contributed by atoms with E-state index < -0.39 is 6.10 Å². The number of anilines is 1. The van der Waals surface area contributed by atoms with Crippen LogP contribution in [0.5, 0.6) is 17.2 Å². The molecule has 0 saturated carbocycles. The molecule has 1 heterocycles. The van der Waals surface area contributed by atoms with E-state index in [1.54, 1.807) is 14.2 Å². The smallest absolute Gasteiger partial charge is 0.137 e. The van der Waals surface area contributed by atoms with E-state index in [4.69, 9.17) is 14.2 Å². The Labute approximate surface area is 160 Å². The highest BCUT2D eigenvalue weighted by molar-refractivity contribution is 5.49. The van der Waals surface area contributed by atoms with Crippen LogP contribution in [0.25, 0.3) is 0 Å². The van der Waals surface area contributed by atoms with Crippen molar-refractivity contribution in [3.05, 3.63) is 48.5 Å². The number of quaternary nitrogens is 1. The third-order valence-electron chi connectivity index (χ3n) is 4.93. The molecule has 0 amide bonds. The van der Waals surface area contributed by atoms with Gasteiger partial charge in [-0.1, -0.05) is 0 Å². The van der Waals surface area contributed by atoms with Crippen molar-refractivity contribution >= 4 is 5.69 Å². The molecule has 0 bridgehead atoms. The minimum Gasteiger partial charge on any atom is -0.497 e. The molecule has 0 unspecified atom stereocenters. The largest absolute Gasteiger partial charge is 0.497 e. The molecule has 3 rings (SSSR count). The van der Waals surface area contributed by atoms with Crippen LogP contribution in [0.2, 0.25) is 0 Å². The van der Waals surface area contributed by atoms with Gasteiger partial charge in [-0.3, -0.25) is 0 Å². The van der Waals surface area contributed by atoms with Crippen molar-refractivity contribution in [1.82, 2.24) is 0 Å². The number of benzene rings is 2. The van der Waals surface area contributed by atoms with E-state index in [9.17, 15) is 5.11 Å². The Hall–Kier alpha value is -2.44. The second-order valence-corrected chi connectivity index (χ2v) is 6.78. The second kappa shape index (κ2) is 9.48. The molecule has 6 nitrogen and oxygen atoms in total. The van der Waals surface area contributed by atoms with E-state index in [-0.39, 0.29) is 0 Å². The molecule has 6 heteroatoms. The van der Waals surface area contributed by atoms with Gasteiger partial charge < -0.3 is 29.1 Å². The molecule has 0 spiro atoms. The van der Waals surface area contributed by atoms with Crippen LogP contribution in [0, 0.1) is 0 Å². The lowest BCUT2D eigenvalue weighted by molar-refractivity contribution is -0.903. The number of nitrogens with zero attached hydrogens (tertiary/aromatic N) is 1. The first-order valence-corrected chi connectivity index (χ1v) is 9.35. The SMILES string of the molecule is COc1ccc(OC[C@H](O)C[NH+]2CCN(c3ccc(OC)cc3)CC2)cc1. The Morgan fingerprint density at radius 2 is 1.41 bits per heavy atom. The van der Waals surface area contributed by atoms with Crippen molar-refractivity contribution in [2.24, 2.45) is 0 Å². The molecule has 1 aliphatic rings. The number of piperazine rings is 1. The van der Waals surface area contributed by atoms with Gasteiger partial charge in [-0.2, -0.15) is 0 Å². The minimum absolute atomic E-state index is 0.304. The maximum Gasteiger partial charge on any atom is 0.137 e. The first-order chi connectivity index (χ1) is 13.2. The molecule has 1 fully saturated rings. The summed E-state index contributed by atoms with van der Waals surface area (Å²) in [5, 5.41) is 10.3. The van der Waals surface area contributed by atoms with Crippen LogP contribution in [0.1, 0.15) is 0 Å². The van der Waals surface area contributed by atoms with Crippen LogP contribution in [-0.2, 0) is 0 Å². The summed E-state index contributed by atoms with van der Waals surface area (Å²) in [5.74, 6) is 2.42. The first kappa shape index (κ1) is 19.3. The summed E-state index contributed by atoms with van der Waals surface area (Å²) in [7, 11) is 3.32. The maximum atomic E-state index is 10.3. The van der Waals surface area contributed by atoms with E-state index in [1.165, 1.54) is 10.6 Å². The summed E-state index contributed by atoms with van der Waals surface area (Å²) in [6.07, 6.45) is -0.477. The number of hydrogen-bond donors (Lipinski definition) is 2. The highest BCUT2D eigenvalue weighted by Gasteiger charge is 2.22. The molecule has 1 saturated heterocycles. The average Bonchev–Trinajstić information content (AvgIpc) is 2.73. The Morgan fingerprint density at radius 3 is 1.96 bits per heavy atom. The van der Waals surface area contributed by atoms with Gasteiger partial charge in [0, 0.05) is 5.69 Å². The molecule has 0 radical (unpaired) electrons. The molecule has 2 aromatic carbocycles. The minimum atomic E-state index is -0.477. The third-order valence-corrected chi connectivity index (χ3v) is 4.93. The van der Waals surface area contributed by atoms with Crippen molar-refractivity contribution in [3.8, 4) is 17.2 Å². The van der Waals surface area contributed by atoms with Crippen LogP contribution in [0.3, 0.4) is 0 Å². The van der Waals surface area contributed by atoms with Gasteiger partial charge in [0.2, 0.25) is 0 Å². The highest BCUT2D eigenvalue weighted by atomic mass is 16.5. The van der Waals surface area contributed by atoms with Gasteiger partial charge in [0.05, 0.1) is 40.4 Å². The number of hydrogen-bond acceptors (Lipinski definition) is 5. The third kappa shape index (κ3) is 5.52. The molecule has 1 aliphatic heterocycles. The summed E-state index contributed by atoms with van der Waals surface area (Å²) in [4.78, 5) is 3.79. The molecule has 2 N–H and O–H groups in total. The zero-order valence-corrected chi connectivity index (χ0v) is 16.1. The number of rotatable bonds is 8. The topological polar surface area (TPSA) is 55.6 Å². The van der Waals surface area contributed by atoms with E-state index in [1.807, 2.05) is 36.4 Å². The molecular weight excluding hydrogens is 344 g/mol. The molecule has 27 heavy (non-hydrogen) atoms. The monoisotopic (exact) mass is 373 g/mol. The van der Waals surface area contributed by atoms with Gasteiger partial charge >= 0.3 is 0 Å². The molecule has 1 atom stereocenters. The molecule has 2 aromatic rings. The number of nitrogens with one attached hydrogen (secondary N) is 1. The Bertz CT molecular complexity index is 682. The zero-order valence-electron chi connectivity index (χ0n) is 16.1. The summed E-state index contributed by atoms with van der Waals surface area (Å²) < 4.78 is 16.0. The zero-order chi connectivity index (χ0) is 19.1.